The molecule has 1 aromatic heterocycles. The predicted molar refractivity (Wildman–Crippen MR) is 80.9 cm³/mol. The van der Waals surface area contributed by atoms with Crippen molar-refractivity contribution in [2.24, 2.45) is 0 Å². The standard InChI is InChI=1S/C13H24FN3O3Si/c1-21(2,3)5-4-18-9-17-6-11(15)13(16-17)20-12-8-19-7-10(12)14/h6,10,12H,4-5,7-9,15H2,1-3H3. The fraction of sp³-hybridized carbons (Fsp3) is 0.769. The molecule has 6 nitrogen and oxygen atoms in total. The van der Waals surface area contributed by atoms with Gasteiger partial charge in [-0.05, 0) is 6.04 Å². The summed E-state index contributed by atoms with van der Waals surface area (Å²) >= 11 is 0. The fourth-order valence-corrected chi connectivity index (χ4v) is 2.63. The molecule has 120 valence electrons. The van der Waals surface area contributed by atoms with Gasteiger partial charge in [-0.3, -0.25) is 0 Å². The first-order valence-electron chi connectivity index (χ1n) is 7.14. The van der Waals surface area contributed by atoms with Gasteiger partial charge in [0.2, 0.25) is 0 Å². The van der Waals surface area contributed by atoms with E-state index in [0.717, 1.165) is 6.04 Å². The van der Waals surface area contributed by atoms with Gasteiger partial charge in [-0.15, -0.1) is 5.10 Å². The number of nitrogen functional groups attached to an aromatic ring is 1. The minimum absolute atomic E-state index is 0.0606. The summed E-state index contributed by atoms with van der Waals surface area (Å²) in [6.07, 6.45) is -0.140. The molecular formula is C13H24FN3O3Si. The van der Waals surface area contributed by atoms with Crippen molar-refractivity contribution in [3.8, 4) is 5.88 Å². The summed E-state index contributed by atoms with van der Waals surface area (Å²) in [5.41, 5.74) is 6.20. The molecule has 2 unspecified atom stereocenters. The first-order chi connectivity index (χ1) is 9.85. The summed E-state index contributed by atoms with van der Waals surface area (Å²) in [6, 6.07) is 1.09. The molecule has 1 fully saturated rings. The third-order valence-corrected chi connectivity index (χ3v) is 4.90. The van der Waals surface area contributed by atoms with Crippen molar-refractivity contribution in [2.75, 3.05) is 25.6 Å². The van der Waals surface area contributed by atoms with Gasteiger partial charge >= 0.3 is 0 Å². The number of anilines is 1. The molecule has 0 radical (unpaired) electrons. The normalized spacial score (nSPS) is 22.7. The number of nitrogens with two attached hydrogens (primary N) is 1. The van der Waals surface area contributed by atoms with Crippen LogP contribution in [0.15, 0.2) is 6.20 Å². The Morgan fingerprint density at radius 2 is 2.24 bits per heavy atom. The summed E-state index contributed by atoms with van der Waals surface area (Å²) in [7, 11) is -1.09. The van der Waals surface area contributed by atoms with Gasteiger partial charge in [-0.25, -0.2) is 9.07 Å². The number of hydrogen-bond acceptors (Lipinski definition) is 5. The highest BCUT2D eigenvalue weighted by atomic mass is 28.3. The van der Waals surface area contributed by atoms with Crippen LogP contribution in [-0.2, 0) is 16.2 Å². The molecule has 2 atom stereocenters. The van der Waals surface area contributed by atoms with Crippen LogP contribution < -0.4 is 10.5 Å². The lowest BCUT2D eigenvalue weighted by Crippen LogP contribution is -2.27. The van der Waals surface area contributed by atoms with Crippen LogP contribution >= 0.6 is 0 Å². The van der Waals surface area contributed by atoms with Crippen LogP contribution in [0.2, 0.25) is 25.7 Å². The molecule has 2 rings (SSSR count). The summed E-state index contributed by atoms with van der Waals surface area (Å²) in [5.74, 6) is 0.238. The molecule has 0 aliphatic carbocycles. The Morgan fingerprint density at radius 1 is 1.48 bits per heavy atom. The third-order valence-electron chi connectivity index (χ3n) is 3.20. The summed E-state index contributed by atoms with van der Waals surface area (Å²) < 4.78 is 31.0. The van der Waals surface area contributed by atoms with Gasteiger partial charge in [-0.2, -0.15) is 0 Å². The van der Waals surface area contributed by atoms with E-state index in [0.29, 0.717) is 19.0 Å². The fourth-order valence-electron chi connectivity index (χ4n) is 1.87. The van der Waals surface area contributed by atoms with E-state index in [-0.39, 0.29) is 19.1 Å². The van der Waals surface area contributed by atoms with E-state index in [2.05, 4.69) is 24.7 Å². The number of alkyl halides is 1. The first kappa shape index (κ1) is 16.3. The van der Waals surface area contributed by atoms with Crippen molar-refractivity contribution in [3.63, 3.8) is 0 Å². The quantitative estimate of drug-likeness (QED) is 0.614. The minimum atomic E-state index is -1.14. The number of aromatic nitrogens is 2. The molecule has 0 amide bonds. The van der Waals surface area contributed by atoms with Gasteiger partial charge in [-0.1, -0.05) is 19.6 Å². The minimum Gasteiger partial charge on any atom is -0.466 e. The van der Waals surface area contributed by atoms with Crippen LogP contribution in [0.4, 0.5) is 10.1 Å². The Labute approximate surface area is 125 Å². The molecule has 0 aromatic carbocycles. The topological polar surface area (TPSA) is 71.5 Å². The average molecular weight is 317 g/mol. The Bertz CT molecular complexity index is 464. The number of halogens is 1. The van der Waals surface area contributed by atoms with Gasteiger partial charge < -0.3 is 19.9 Å². The molecule has 2 N–H and O–H groups in total. The molecule has 21 heavy (non-hydrogen) atoms. The lowest BCUT2D eigenvalue weighted by molar-refractivity contribution is 0.0748. The number of hydrogen-bond donors (Lipinski definition) is 1. The van der Waals surface area contributed by atoms with Crippen molar-refractivity contribution >= 4 is 13.8 Å². The van der Waals surface area contributed by atoms with Crippen LogP contribution in [0, 0.1) is 0 Å². The van der Waals surface area contributed by atoms with E-state index in [9.17, 15) is 4.39 Å². The van der Waals surface area contributed by atoms with Crippen LogP contribution in [-0.4, -0.2) is 50.0 Å². The van der Waals surface area contributed by atoms with E-state index in [1.807, 2.05) is 0 Å². The maximum atomic E-state index is 13.4. The van der Waals surface area contributed by atoms with Gasteiger partial charge in [0, 0.05) is 14.7 Å². The lowest BCUT2D eigenvalue weighted by atomic mass is 10.3. The van der Waals surface area contributed by atoms with E-state index < -0.39 is 20.3 Å². The van der Waals surface area contributed by atoms with E-state index in [1.165, 1.54) is 0 Å². The van der Waals surface area contributed by atoms with Crippen LogP contribution in [0.1, 0.15) is 0 Å². The molecule has 1 saturated heterocycles. The molecule has 1 aromatic rings. The number of rotatable bonds is 7. The van der Waals surface area contributed by atoms with E-state index in [4.69, 9.17) is 19.9 Å². The monoisotopic (exact) mass is 317 g/mol. The van der Waals surface area contributed by atoms with Crippen molar-refractivity contribution in [3.05, 3.63) is 6.20 Å². The van der Waals surface area contributed by atoms with Crippen LogP contribution in [0.5, 0.6) is 5.88 Å². The van der Waals surface area contributed by atoms with Crippen molar-refractivity contribution < 1.29 is 18.6 Å². The number of nitrogens with zero attached hydrogens (tertiary/aromatic N) is 2. The van der Waals surface area contributed by atoms with Gasteiger partial charge in [0.1, 0.15) is 12.4 Å². The zero-order valence-corrected chi connectivity index (χ0v) is 13.8. The highest BCUT2D eigenvalue weighted by Gasteiger charge is 2.31. The lowest BCUT2D eigenvalue weighted by Gasteiger charge is -2.15. The Kier molecular flexibility index (Phi) is 5.23. The predicted octanol–water partition coefficient (Wildman–Crippen LogP) is 1.89. The van der Waals surface area contributed by atoms with E-state index in [1.54, 1.807) is 10.9 Å². The second-order valence-electron chi connectivity index (χ2n) is 6.49. The highest BCUT2D eigenvalue weighted by Crippen LogP contribution is 2.23. The molecule has 1 aliphatic heterocycles. The highest BCUT2D eigenvalue weighted by molar-refractivity contribution is 6.76. The first-order valence-corrected chi connectivity index (χ1v) is 10.8. The largest absolute Gasteiger partial charge is 0.466 e. The molecule has 1 aliphatic rings. The maximum Gasteiger partial charge on any atom is 0.256 e. The molecule has 0 saturated carbocycles. The molecule has 8 heteroatoms. The van der Waals surface area contributed by atoms with Crippen molar-refractivity contribution in [1.82, 2.24) is 9.78 Å². The van der Waals surface area contributed by atoms with Crippen molar-refractivity contribution in [1.29, 1.82) is 0 Å². The summed E-state index contributed by atoms with van der Waals surface area (Å²) in [5, 5.41) is 4.18. The third kappa shape index (κ3) is 4.97. The molecule has 0 spiro atoms. The zero-order chi connectivity index (χ0) is 15.5. The Balaban J connectivity index is 1.81. The van der Waals surface area contributed by atoms with Crippen molar-refractivity contribution in [2.45, 2.75) is 44.7 Å². The van der Waals surface area contributed by atoms with Crippen LogP contribution in [0.25, 0.3) is 0 Å². The Hall–Kier alpha value is -1.12. The van der Waals surface area contributed by atoms with Gasteiger partial charge in [0.15, 0.2) is 12.3 Å². The smallest absolute Gasteiger partial charge is 0.256 e. The molecular weight excluding hydrogens is 293 g/mol. The molecule has 0 bridgehead atoms. The van der Waals surface area contributed by atoms with Gasteiger partial charge in [0.25, 0.3) is 5.88 Å². The van der Waals surface area contributed by atoms with Crippen LogP contribution in [0.3, 0.4) is 0 Å². The number of ether oxygens (including phenoxy) is 3. The maximum absolute atomic E-state index is 13.4. The SMILES string of the molecule is C[Si](C)(C)CCOCn1cc(N)c(OC2COCC2F)n1. The average Bonchev–Trinajstić information content (AvgIpc) is 2.92. The summed E-state index contributed by atoms with van der Waals surface area (Å²) in [4.78, 5) is 0. The van der Waals surface area contributed by atoms with E-state index >= 15 is 0 Å². The molecule has 2 heterocycles. The van der Waals surface area contributed by atoms with Gasteiger partial charge in [0.05, 0.1) is 19.4 Å². The summed E-state index contributed by atoms with van der Waals surface area (Å²) in [6.45, 7) is 8.19. The zero-order valence-electron chi connectivity index (χ0n) is 12.8. The second kappa shape index (κ2) is 6.76. The Morgan fingerprint density at radius 3 is 2.86 bits per heavy atom. The second-order valence-corrected chi connectivity index (χ2v) is 12.1.